The molecule has 1 aliphatic heterocycles. The van der Waals surface area contributed by atoms with Gasteiger partial charge in [0.1, 0.15) is 0 Å². The van der Waals surface area contributed by atoms with Crippen LogP contribution in [-0.4, -0.2) is 36.4 Å². The van der Waals surface area contributed by atoms with Gasteiger partial charge in [-0.15, -0.1) is 0 Å². The van der Waals surface area contributed by atoms with Gasteiger partial charge in [0, 0.05) is 0 Å². The quantitative estimate of drug-likeness (QED) is 0.748. The second kappa shape index (κ2) is 4.00. The van der Waals surface area contributed by atoms with Crippen LogP contribution in [0.3, 0.4) is 0 Å². The summed E-state index contributed by atoms with van der Waals surface area (Å²) in [6.07, 6.45) is 4.92. The van der Waals surface area contributed by atoms with Crippen molar-refractivity contribution in [2.45, 2.75) is 37.9 Å². The second-order valence-electron chi connectivity index (χ2n) is 5.37. The number of hydrogen-bond acceptors (Lipinski definition) is 3. The lowest BCUT2D eigenvalue weighted by Crippen LogP contribution is -2.34. The van der Waals surface area contributed by atoms with Crippen LogP contribution in [0.5, 0.6) is 0 Å². The zero-order valence-corrected chi connectivity index (χ0v) is 9.39. The first-order valence-corrected chi connectivity index (χ1v) is 6.34. The molecular weight excluding hydrogens is 206 g/mol. The first-order valence-electron chi connectivity index (χ1n) is 6.34. The van der Waals surface area contributed by atoms with E-state index in [1.54, 1.807) is 0 Å². The largest absolute Gasteiger partial charge is 0.481 e. The van der Waals surface area contributed by atoms with Gasteiger partial charge in [0.2, 0.25) is 0 Å². The van der Waals surface area contributed by atoms with Gasteiger partial charge in [-0.1, -0.05) is 0 Å². The van der Waals surface area contributed by atoms with Crippen LogP contribution in [0.15, 0.2) is 0 Å². The first-order chi connectivity index (χ1) is 7.75. The average molecular weight is 225 g/mol. The molecule has 0 aromatic carbocycles. The highest BCUT2D eigenvalue weighted by Gasteiger charge is 2.60. The molecule has 2 aliphatic carbocycles. The van der Waals surface area contributed by atoms with Crippen molar-refractivity contribution in [1.29, 1.82) is 0 Å². The summed E-state index contributed by atoms with van der Waals surface area (Å²) >= 11 is 0. The van der Waals surface area contributed by atoms with Crippen LogP contribution in [0.1, 0.15) is 25.7 Å². The minimum atomic E-state index is -0.602. The summed E-state index contributed by atoms with van der Waals surface area (Å²) < 4.78 is 6.05. The van der Waals surface area contributed by atoms with Crippen molar-refractivity contribution in [2.24, 2.45) is 17.8 Å². The Hall–Kier alpha value is -0.610. The molecule has 4 heteroatoms. The summed E-state index contributed by atoms with van der Waals surface area (Å²) in [6.45, 7) is 2.12. The van der Waals surface area contributed by atoms with Crippen LogP contribution in [0.4, 0.5) is 0 Å². The first kappa shape index (κ1) is 10.5. The maximum absolute atomic E-state index is 10.8. The molecule has 2 N–H and O–H groups in total. The fraction of sp³-hybridized carbons (Fsp3) is 0.917. The van der Waals surface area contributed by atoms with E-state index in [9.17, 15) is 4.79 Å². The molecule has 0 bridgehead atoms. The van der Waals surface area contributed by atoms with E-state index < -0.39 is 5.97 Å². The van der Waals surface area contributed by atoms with Crippen LogP contribution in [-0.2, 0) is 9.53 Å². The van der Waals surface area contributed by atoms with Crippen LogP contribution in [0, 0.1) is 17.8 Å². The van der Waals surface area contributed by atoms with Crippen LogP contribution < -0.4 is 5.32 Å². The second-order valence-corrected chi connectivity index (χ2v) is 5.37. The fourth-order valence-electron chi connectivity index (χ4n) is 3.47. The maximum atomic E-state index is 10.8. The Morgan fingerprint density at radius 2 is 1.75 bits per heavy atom. The number of aliphatic carboxylic acids is 1. The van der Waals surface area contributed by atoms with Gasteiger partial charge in [-0.3, -0.25) is 4.79 Å². The molecule has 0 aromatic rings. The topological polar surface area (TPSA) is 58.6 Å². The summed E-state index contributed by atoms with van der Waals surface area (Å²) in [5.41, 5.74) is 0. The molecule has 0 spiro atoms. The number of carboxylic acid groups (broad SMARTS) is 1. The molecule has 4 nitrogen and oxygen atoms in total. The van der Waals surface area contributed by atoms with Gasteiger partial charge in [0.25, 0.3) is 0 Å². The zero-order chi connectivity index (χ0) is 11.1. The predicted molar refractivity (Wildman–Crippen MR) is 58.1 cm³/mol. The van der Waals surface area contributed by atoms with Crippen molar-refractivity contribution in [1.82, 2.24) is 5.32 Å². The summed E-state index contributed by atoms with van der Waals surface area (Å²) in [6, 6.07) is 0. The number of carboxylic acids is 1. The van der Waals surface area contributed by atoms with Gasteiger partial charge in [-0.25, -0.2) is 0 Å². The molecule has 2 saturated carbocycles. The highest BCUT2D eigenvalue weighted by atomic mass is 16.5. The molecule has 0 radical (unpaired) electrons. The van der Waals surface area contributed by atoms with Crippen molar-refractivity contribution in [2.75, 3.05) is 13.1 Å². The summed E-state index contributed by atoms with van der Waals surface area (Å²) in [4.78, 5) is 10.8. The highest BCUT2D eigenvalue weighted by Crippen LogP contribution is 2.58. The minimum absolute atomic E-state index is 0.0483. The molecule has 90 valence electrons. The molecule has 16 heavy (non-hydrogen) atoms. The molecule has 1 heterocycles. The Morgan fingerprint density at radius 1 is 1.12 bits per heavy atom. The summed E-state index contributed by atoms with van der Waals surface area (Å²) in [7, 11) is 0. The number of fused-ring (bicyclic) bond motifs is 1. The number of rotatable bonds is 3. The van der Waals surface area contributed by atoms with Crippen LogP contribution in [0.25, 0.3) is 0 Å². The molecule has 4 atom stereocenters. The van der Waals surface area contributed by atoms with Gasteiger partial charge in [-0.05, 0) is 50.6 Å². The van der Waals surface area contributed by atoms with Crippen molar-refractivity contribution in [3.63, 3.8) is 0 Å². The minimum Gasteiger partial charge on any atom is -0.481 e. The molecule has 3 rings (SSSR count). The predicted octanol–water partition coefficient (Wildman–Crippen LogP) is 0.864. The van der Waals surface area contributed by atoms with E-state index in [0.717, 1.165) is 38.8 Å². The van der Waals surface area contributed by atoms with E-state index in [0.29, 0.717) is 24.0 Å². The normalized spacial score (nSPS) is 43.0. The van der Waals surface area contributed by atoms with E-state index in [-0.39, 0.29) is 5.92 Å². The number of hydrogen-bond donors (Lipinski definition) is 2. The average Bonchev–Trinajstić information content (AvgIpc) is 2.79. The van der Waals surface area contributed by atoms with Gasteiger partial charge in [0.05, 0.1) is 18.1 Å². The van der Waals surface area contributed by atoms with Crippen molar-refractivity contribution < 1.29 is 14.6 Å². The van der Waals surface area contributed by atoms with Crippen molar-refractivity contribution in [3.05, 3.63) is 0 Å². The van der Waals surface area contributed by atoms with E-state index in [2.05, 4.69) is 5.32 Å². The maximum Gasteiger partial charge on any atom is 0.307 e. The number of carbonyl (C=O) groups is 1. The van der Waals surface area contributed by atoms with E-state index in [1.807, 2.05) is 0 Å². The zero-order valence-electron chi connectivity index (χ0n) is 9.39. The molecule has 3 fully saturated rings. The molecule has 0 unspecified atom stereocenters. The van der Waals surface area contributed by atoms with Gasteiger partial charge in [-0.2, -0.15) is 0 Å². The van der Waals surface area contributed by atoms with E-state index >= 15 is 0 Å². The van der Waals surface area contributed by atoms with Crippen molar-refractivity contribution >= 4 is 5.97 Å². The lowest BCUT2D eigenvalue weighted by atomic mass is 10.1. The summed E-state index contributed by atoms with van der Waals surface area (Å²) in [5.74, 6) is 0.191. The molecule has 0 aromatic heterocycles. The van der Waals surface area contributed by atoms with Gasteiger partial charge < -0.3 is 15.2 Å². The van der Waals surface area contributed by atoms with Crippen molar-refractivity contribution in [3.8, 4) is 0 Å². The molecule has 1 saturated heterocycles. The number of ether oxygens (including phenoxy) is 1. The molecular formula is C12H19NO3. The Kier molecular flexibility index (Phi) is 2.64. The van der Waals surface area contributed by atoms with Crippen LogP contribution in [0.2, 0.25) is 0 Å². The third-order valence-electron chi connectivity index (χ3n) is 4.36. The number of nitrogens with one attached hydrogen (secondary N) is 1. The highest BCUT2D eigenvalue weighted by molar-refractivity contribution is 5.74. The SMILES string of the molecule is O=C(O)[C@H]1[C@@H]2C[C@@H](OC3CCNCC3)C[C@@H]21. The van der Waals surface area contributed by atoms with Gasteiger partial charge >= 0.3 is 5.97 Å². The monoisotopic (exact) mass is 225 g/mol. The molecule has 3 aliphatic rings. The van der Waals surface area contributed by atoms with Crippen LogP contribution >= 0.6 is 0 Å². The lowest BCUT2D eigenvalue weighted by molar-refractivity contribution is -0.139. The Bertz CT molecular complexity index is 276. The number of piperidine rings is 1. The third kappa shape index (κ3) is 1.84. The van der Waals surface area contributed by atoms with E-state index in [1.165, 1.54) is 0 Å². The third-order valence-corrected chi connectivity index (χ3v) is 4.36. The Balaban J connectivity index is 1.45. The smallest absolute Gasteiger partial charge is 0.307 e. The summed E-state index contributed by atoms with van der Waals surface area (Å²) in [5, 5.41) is 12.2. The Morgan fingerprint density at radius 3 is 2.31 bits per heavy atom. The standard InChI is InChI=1S/C12H19NO3/c14-12(15)11-9-5-8(6-10(9)11)16-7-1-3-13-4-2-7/h7-11,13H,1-6H2,(H,14,15)/t8-,9-,10+,11+. The van der Waals surface area contributed by atoms with Gasteiger partial charge in [0.15, 0.2) is 0 Å². The fourth-order valence-corrected chi connectivity index (χ4v) is 3.47. The lowest BCUT2D eigenvalue weighted by Gasteiger charge is -2.27. The molecule has 0 amide bonds. The Labute approximate surface area is 95.4 Å². The van der Waals surface area contributed by atoms with E-state index in [4.69, 9.17) is 9.84 Å².